The Bertz CT molecular complexity index is 894. The lowest BCUT2D eigenvalue weighted by atomic mass is 10.2. The van der Waals surface area contributed by atoms with Crippen molar-refractivity contribution in [1.82, 2.24) is 15.0 Å². The lowest BCUT2D eigenvalue weighted by Crippen LogP contribution is -2.13. The number of aromatic nitrogens is 3. The van der Waals surface area contributed by atoms with Crippen molar-refractivity contribution in [2.24, 2.45) is 0 Å². The Kier molecular flexibility index (Phi) is 3.82. The van der Waals surface area contributed by atoms with Gasteiger partial charge < -0.3 is 4.98 Å². The van der Waals surface area contributed by atoms with Gasteiger partial charge in [-0.15, -0.1) is 0 Å². The lowest BCUT2D eigenvalue weighted by molar-refractivity contribution is 0.598. The van der Waals surface area contributed by atoms with Crippen LogP contribution in [0.1, 0.15) is 0 Å². The van der Waals surface area contributed by atoms with Crippen molar-refractivity contribution >= 4 is 27.3 Å². The van der Waals surface area contributed by atoms with E-state index < -0.39 is 10.0 Å². The van der Waals surface area contributed by atoms with Crippen LogP contribution in [0.4, 0.5) is 5.69 Å². The molecule has 8 heteroatoms. The van der Waals surface area contributed by atoms with Crippen LogP contribution >= 0.6 is 11.6 Å². The van der Waals surface area contributed by atoms with Gasteiger partial charge in [0.15, 0.2) is 5.03 Å². The van der Waals surface area contributed by atoms with E-state index in [1.54, 1.807) is 36.5 Å². The first-order valence-electron chi connectivity index (χ1n) is 6.29. The molecule has 0 aliphatic carbocycles. The molecule has 22 heavy (non-hydrogen) atoms. The molecule has 0 spiro atoms. The van der Waals surface area contributed by atoms with Crippen molar-refractivity contribution in [1.29, 1.82) is 0 Å². The zero-order valence-corrected chi connectivity index (χ0v) is 12.8. The smallest absolute Gasteiger partial charge is 0.277 e. The Morgan fingerprint density at radius 3 is 2.59 bits per heavy atom. The maximum Gasteiger partial charge on any atom is 0.277 e. The number of aromatic amines is 1. The van der Waals surface area contributed by atoms with Gasteiger partial charge >= 0.3 is 0 Å². The first kappa shape index (κ1) is 14.6. The van der Waals surface area contributed by atoms with Crippen LogP contribution in [0.25, 0.3) is 11.3 Å². The number of benzene rings is 1. The molecule has 1 aromatic carbocycles. The third kappa shape index (κ3) is 3.10. The predicted molar refractivity (Wildman–Crippen MR) is 84.1 cm³/mol. The van der Waals surface area contributed by atoms with Gasteiger partial charge in [-0.2, -0.15) is 8.42 Å². The molecule has 0 aliphatic rings. The number of para-hydroxylation sites is 1. The minimum atomic E-state index is -3.69. The molecule has 0 bridgehead atoms. The second kappa shape index (κ2) is 5.78. The Morgan fingerprint density at radius 1 is 1.09 bits per heavy atom. The second-order valence-electron chi connectivity index (χ2n) is 4.45. The monoisotopic (exact) mass is 334 g/mol. The van der Waals surface area contributed by atoms with Crippen molar-refractivity contribution in [2.75, 3.05) is 4.72 Å². The molecule has 0 amide bonds. The summed E-state index contributed by atoms with van der Waals surface area (Å²) in [6.45, 7) is 0. The van der Waals surface area contributed by atoms with E-state index in [2.05, 4.69) is 19.7 Å². The van der Waals surface area contributed by atoms with Gasteiger partial charge in [0.1, 0.15) is 11.5 Å². The normalized spacial score (nSPS) is 11.3. The molecule has 0 fully saturated rings. The number of hydrogen-bond donors (Lipinski definition) is 2. The van der Waals surface area contributed by atoms with Crippen molar-refractivity contribution in [3.63, 3.8) is 0 Å². The molecular formula is C14H11ClN4O2S. The van der Waals surface area contributed by atoms with E-state index in [1.807, 2.05) is 6.07 Å². The summed E-state index contributed by atoms with van der Waals surface area (Å²) in [4.78, 5) is 10.6. The highest BCUT2D eigenvalue weighted by Crippen LogP contribution is 2.23. The maximum absolute atomic E-state index is 12.3. The fraction of sp³-hybridized carbons (Fsp3) is 0. The number of sulfonamides is 1. The van der Waals surface area contributed by atoms with Crippen molar-refractivity contribution in [2.45, 2.75) is 5.03 Å². The molecule has 0 unspecified atom stereocenters. The molecule has 3 rings (SSSR count). The third-order valence-electron chi connectivity index (χ3n) is 2.90. The van der Waals surface area contributed by atoms with Gasteiger partial charge in [-0.05, 0) is 18.2 Å². The summed E-state index contributed by atoms with van der Waals surface area (Å²) in [5, 5.41) is 0.333. The minimum absolute atomic E-state index is 0.0427. The first-order valence-corrected chi connectivity index (χ1v) is 8.15. The Balaban J connectivity index is 1.90. The molecule has 2 heterocycles. The van der Waals surface area contributed by atoms with Crippen molar-refractivity contribution in [3.05, 3.63) is 60.1 Å². The Labute approximate surface area is 132 Å². The molecule has 0 atom stereocenters. The average Bonchev–Trinajstić information content (AvgIpc) is 2.98. The molecule has 0 saturated carbocycles. The van der Waals surface area contributed by atoms with Crippen molar-refractivity contribution < 1.29 is 8.42 Å². The van der Waals surface area contributed by atoms with E-state index >= 15 is 0 Å². The third-order valence-corrected chi connectivity index (χ3v) is 4.43. The van der Waals surface area contributed by atoms with Gasteiger partial charge in [-0.3, -0.25) is 4.72 Å². The quantitative estimate of drug-likeness (QED) is 0.718. The van der Waals surface area contributed by atoms with E-state index in [0.29, 0.717) is 16.9 Å². The van der Waals surface area contributed by atoms with Crippen LogP contribution in [-0.4, -0.2) is 23.4 Å². The maximum atomic E-state index is 12.3. The highest BCUT2D eigenvalue weighted by Gasteiger charge is 2.17. The number of rotatable bonds is 4. The molecule has 0 saturated heterocycles. The van der Waals surface area contributed by atoms with Gasteiger partial charge in [-0.25, -0.2) is 9.97 Å². The lowest BCUT2D eigenvalue weighted by Gasteiger charge is -2.05. The number of hydrogen-bond acceptors (Lipinski definition) is 4. The van der Waals surface area contributed by atoms with Gasteiger partial charge in [0.05, 0.1) is 5.69 Å². The molecule has 0 aliphatic heterocycles. The van der Waals surface area contributed by atoms with E-state index in [-0.39, 0.29) is 10.2 Å². The SMILES string of the molecule is O=S(=O)(Nc1ccccc1)c1cc(-c2cc(Cl)ncn2)c[nH]1. The zero-order chi connectivity index (χ0) is 15.6. The van der Waals surface area contributed by atoms with E-state index in [0.717, 1.165) is 0 Å². The van der Waals surface area contributed by atoms with Gasteiger partial charge in [0.2, 0.25) is 0 Å². The van der Waals surface area contributed by atoms with Gasteiger partial charge in [0.25, 0.3) is 10.0 Å². The summed E-state index contributed by atoms with van der Waals surface area (Å²) in [6, 6.07) is 11.7. The first-order chi connectivity index (χ1) is 10.5. The van der Waals surface area contributed by atoms with Crippen LogP contribution in [0.3, 0.4) is 0 Å². The highest BCUT2D eigenvalue weighted by atomic mass is 35.5. The standard InChI is InChI=1S/C14H11ClN4O2S/c15-13-7-12(17-9-18-13)10-6-14(16-8-10)22(20,21)19-11-4-2-1-3-5-11/h1-9,16,19H. The zero-order valence-electron chi connectivity index (χ0n) is 11.2. The number of nitrogens with zero attached hydrogens (tertiary/aromatic N) is 2. The molecule has 3 aromatic rings. The van der Waals surface area contributed by atoms with Crippen LogP contribution in [0.15, 0.2) is 60.0 Å². The summed E-state index contributed by atoms with van der Waals surface area (Å²) >= 11 is 5.81. The fourth-order valence-electron chi connectivity index (χ4n) is 1.88. The van der Waals surface area contributed by atoms with E-state index in [9.17, 15) is 8.42 Å². The molecule has 6 nitrogen and oxygen atoms in total. The Morgan fingerprint density at radius 2 is 1.86 bits per heavy atom. The Hall–Kier alpha value is -2.38. The van der Waals surface area contributed by atoms with Crippen LogP contribution in [-0.2, 0) is 10.0 Å². The summed E-state index contributed by atoms with van der Waals surface area (Å²) in [7, 11) is -3.69. The van der Waals surface area contributed by atoms with Crippen LogP contribution in [0, 0.1) is 0 Å². The number of halogens is 1. The van der Waals surface area contributed by atoms with Crippen molar-refractivity contribution in [3.8, 4) is 11.3 Å². The average molecular weight is 335 g/mol. The fourth-order valence-corrected chi connectivity index (χ4v) is 3.08. The highest BCUT2D eigenvalue weighted by molar-refractivity contribution is 7.92. The summed E-state index contributed by atoms with van der Waals surface area (Å²) in [5.74, 6) is 0. The molecule has 0 radical (unpaired) electrons. The number of nitrogens with one attached hydrogen (secondary N) is 2. The van der Waals surface area contributed by atoms with Crippen LogP contribution < -0.4 is 4.72 Å². The van der Waals surface area contributed by atoms with Gasteiger partial charge in [0, 0.05) is 23.5 Å². The summed E-state index contributed by atoms with van der Waals surface area (Å²) in [6.07, 6.45) is 2.87. The molecule has 2 aromatic heterocycles. The van der Waals surface area contributed by atoms with E-state index in [4.69, 9.17) is 11.6 Å². The largest absolute Gasteiger partial charge is 0.350 e. The number of anilines is 1. The number of H-pyrrole nitrogens is 1. The molecule has 2 N–H and O–H groups in total. The summed E-state index contributed by atoms with van der Waals surface area (Å²) in [5.41, 5.74) is 1.64. The van der Waals surface area contributed by atoms with Crippen LogP contribution in [0.5, 0.6) is 0 Å². The predicted octanol–water partition coefficient (Wildman–Crippen LogP) is 2.93. The molecular weight excluding hydrogens is 324 g/mol. The second-order valence-corrected chi connectivity index (χ2v) is 6.49. The molecule has 112 valence electrons. The van der Waals surface area contributed by atoms with E-state index in [1.165, 1.54) is 12.4 Å². The summed E-state index contributed by atoms with van der Waals surface area (Å²) < 4.78 is 27.1. The topological polar surface area (TPSA) is 87.7 Å². The van der Waals surface area contributed by atoms with Crippen LogP contribution in [0.2, 0.25) is 5.15 Å². The minimum Gasteiger partial charge on any atom is -0.350 e. The van der Waals surface area contributed by atoms with Gasteiger partial charge in [-0.1, -0.05) is 29.8 Å².